The van der Waals surface area contributed by atoms with E-state index < -0.39 is 174 Å². The Balaban J connectivity index is 0.00000111. The Labute approximate surface area is 674 Å². The van der Waals surface area contributed by atoms with Crippen molar-refractivity contribution in [2.24, 2.45) is 83.2 Å². The summed E-state index contributed by atoms with van der Waals surface area (Å²) in [6, 6.07) is -5.51. The SMILES string of the molecule is CC(C)[C@H](NC(=O)[C@H](CO)NC(=O)[C@H](CCCN=C(N)N)NC(=O)[C@H](CCCN=C(N)N)NC(=O)[C@H](CCCN=C(N)N)NC(=O)[C@H](CCCN=C(N)N)NC(=O)CN)C(=O)N[C@@H](CC(N)=O)C(=O)N[C@@H](Cc1c[nH]c2ccccc12)C(=O)N[C@@H](CS)C(=O)N[C@@H](C)C(=O)O.OC(Cn1cncn1)(Cn1cncn1)c1ccc(F)cc1F. The van der Waals surface area contributed by atoms with Gasteiger partial charge in [-0.15, -0.1) is 0 Å². The average Bonchev–Trinajstić information content (AvgIpc) is 1.79. The first-order valence-electron chi connectivity index (χ1n) is 36.4. The van der Waals surface area contributed by atoms with Gasteiger partial charge in [-0.3, -0.25) is 77.5 Å². The Morgan fingerprint density at radius 3 is 1.36 bits per heavy atom. The molecule has 0 aliphatic heterocycles. The Hall–Kier alpha value is -12.9. The predicted octanol–water partition coefficient (Wildman–Crippen LogP) is -8.97. The summed E-state index contributed by atoms with van der Waals surface area (Å²) in [5.41, 5.74) is 54.4. The van der Waals surface area contributed by atoms with Gasteiger partial charge in [-0.1, -0.05) is 38.1 Å². The van der Waals surface area contributed by atoms with E-state index in [1.165, 1.54) is 61.5 Å². The summed E-state index contributed by atoms with van der Waals surface area (Å²) in [4.78, 5) is 189. The van der Waals surface area contributed by atoms with Crippen LogP contribution in [0.5, 0.6) is 0 Å². The van der Waals surface area contributed by atoms with Crippen LogP contribution in [0.25, 0.3) is 10.9 Å². The van der Waals surface area contributed by atoms with Crippen LogP contribution < -0.4 is 111 Å². The number of H-pyrrole nitrogens is 1. The highest BCUT2D eigenvalue weighted by Crippen LogP contribution is 2.28. The number of aliphatic imine (C=N–C) groups is 4. The van der Waals surface area contributed by atoms with Crippen molar-refractivity contribution in [3.63, 3.8) is 0 Å². The summed E-state index contributed by atoms with van der Waals surface area (Å²) < 4.78 is 29.9. The molecule has 0 aliphatic carbocycles. The molecule has 34 N–H and O–H groups in total. The number of carbonyl (C=O) groups is 12. The van der Waals surface area contributed by atoms with Gasteiger partial charge in [0.25, 0.3) is 0 Å². The number of aliphatic hydroxyl groups is 2. The number of aliphatic hydroxyl groups excluding tert-OH is 1. The molecule has 10 atom stereocenters. The monoisotopic (exact) mass is 1670 g/mol. The van der Waals surface area contributed by atoms with Gasteiger partial charge in [-0.25, -0.2) is 28.1 Å². The molecule has 0 saturated heterocycles. The number of nitrogens with two attached hydrogens (primary N) is 10. The number of carboxylic acid groups (broad SMARTS) is 1. The first-order chi connectivity index (χ1) is 55.4. The number of aromatic nitrogens is 7. The maximum absolute atomic E-state index is 14.5. The molecule has 5 aromatic rings. The van der Waals surface area contributed by atoms with Crippen molar-refractivity contribution < 1.29 is 81.6 Å². The number of primary amides is 1. The highest BCUT2D eigenvalue weighted by Gasteiger charge is 2.39. The number of para-hydroxylation sites is 1. The van der Waals surface area contributed by atoms with Gasteiger partial charge in [0.1, 0.15) is 103 Å². The molecule has 0 bridgehead atoms. The average molecular weight is 1670 g/mol. The van der Waals surface area contributed by atoms with Crippen LogP contribution in [-0.2, 0) is 82.6 Å². The van der Waals surface area contributed by atoms with E-state index >= 15 is 0 Å². The lowest BCUT2D eigenvalue weighted by Gasteiger charge is -2.29. The number of carbonyl (C=O) groups excluding carboxylic acids is 11. The molecule has 3 heterocycles. The Morgan fingerprint density at radius 2 is 0.949 bits per heavy atom. The molecule has 2 aromatic carbocycles. The summed E-state index contributed by atoms with van der Waals surface area (Å²) in [6.07, 6.45) is 5.54. The largest absolute Gasteiger partial charge is 0.480 e. The Bertz CT molecular complexity index is 4210. The number of amides is 11. The summed E-state index contributed by atoms with van der Waals surface area (Å²) >= 11 is 4.15. The Morgan fingerprint density at radius 1 is 0.538 bits per heavy atom. The number of carboxylic acids is 1. The van der Waals surface area contributed by atoms with Crippen molar-refractivity contribution in [2.75, 3.05) is 45.1 Å². The molecular weight excluding hydrogens is 1560 g/mol. The van der Waals surface area contributed by atoms with Gasteiger partial charge in [-0.2, -0.15) is 22.8 Å². The molecule has 49 heteroatoms. The first kappa shape index (κ1) is 96.4. The quantitative estimate of drug-likeness (QED) is 0.00744. The van der Waals surface area contributed by atoms with Crippen LogP contribution in [0, 0.1) is 17.6 Å². The number of aromatic amines is 1. The number of nitrogens with one attached hydrogen (secondary N) is 11. The molecule has 3 aromatic heterocycles. The predicted molar refractivity (Wildman–Crippen MR) is 423 cm³/mol. The number of hydrogen-bond acceptors (Lipinski definition) is 24. The normalized spacial score (nSPS) is 13.6. The zero-order chi connectivity index (χ0) is 87.1. The lowest BCUT2D eigenvalue weighted by Crippen LogP contribution is -2.62. The third-order valence-corrected chi connectivity index (χ3v) is 17.5. The molecule has 11 amide bonds. The van der Waals surface area contributed by atoms with Gasteiger partial charge in [0.05, 0.1) is 32.7 Å². The third kappa shape index (κ3) is 34.0. The van der Waals surface area contributed by atoms with Gasteiger partial charge in [0.2, 0.25) is 65.0 Å². The highest BCUT2D eigenvalue weighted by atomic mass is 32.1. The smallest absolute Gasteiger partial charge is 0.325 e. The number of fused-ring (bicyclic) bond motifs is 1. The lowest BCUT2D eigenvalue weighted by atomic mass is 9.93. The van der Waals surface area contributed by atoms with Crippen LogP contribution in [0.3, 0.4) is 0 Å². The summed E-state index contributed by atoms with van der Waals surface area (Å²) in [5.74, 6) is -16.2. The zero-order valence-electron chi connectivity index (χ0n) is 64.4. The van der Waals surface area contributed by atoms with Crippen molar-refractivity contribution in [2.45, 2.75) is 164 Å². The fourth-order valence-electron chi connectivity index (χ4n) is 11.2. The summed E-state index contributed by atoms with van der Waals surface area (Å²) in [7, 11) is 0. The molecule has 0 saturated carbocycles. The molecule has 0 radical (unpaired) electrons. The molecule has 0 aliphatic rings. The number of rotatable bonds is 49. The van der Waals surface area contributed by atoms with E-state index in [9.17, 15) is 81.6 Å². The van der Waals surface area contributed by atoms with Crippen molar-refractivity contribution in [3.8, 4) is 0 Å². The number of halogens is 2. The maximum atomic E-state index is 14.5. The van der Waals surface area contributed by atoms with Gasteiger partial charge in [-0.05, 0) is 81.9 Å². The fraction of sp³-hybridized carbons (Fsp3) is 0.500. The second-order valence-corrected chi connectivity index (χ2v) is 27.2. The number of aliphatic carboxylic acids is 1. The number of hydrogen-bond donors (Lipinski definition) is 25. The minimum absolute atomic E-state index is 0.00312. The van der Waals surface area contributed by atoms with E-state index in [2.05, 4.69) is 111 Å². The number of nitrogens with zero attached hydrogens (tertiary/aromatic N) is 10. The maximum Gasteiger partial charge on any atom is 0.325 e. The van der Waals surface area contributed by atoms with E-state index in [0.29, 0.717) is 16.5 Å². The molecular formula is C68H105F2N31O15S. The van der Waals surface area contributed by atoms with E-state index in [4.69, 9.17) is 57.3 Å². The van der Waals surface area contributed by atoms with Gasteiger partial charge in [0, 0.05) is 67.1 Å². The van der Waals surface area contributed by atoms with Crippen LogP contribution in [0.1, 0.15) is 89.7 Å². The number of thiol groups is 1. The van der Waals surface area contributed by atoms with Crippen LogP contribution in [0.4, 0.5) is 8.78 Å². The van der Waals surface area contributed by atoms with Crippen molar-refractivity contribution in [1.82, 2.24) is 87.7 Å². The van der Waals surface area contributed by atoms with Crippen LogP contribution in [0.2, 0.25) is 0 Å². The van der Waals surface area contributed by atoms with Crippen LogP contribution >= 0.6 is 12.6 Å². The van der Waals surface area contributed by atoms with E-state index in [1.807, 2.05) is 0 Å². The molecule has 117 heavy (non-hydrogen) atoms. The van der Waals surface area contributed by atoms with Gasteiger partial charge in [0.15, 0.2) is 23.8 Å². The van der Waals surface area contributed by atoms with E-state index in [0.717, 1.165) is 12.1 Å². The molecule has 0 spiro atoms. The molecule has 642 valence electrons. The topological polar surface area (TPSA) is 773 Å². The summed E-state index contributed by atoms with van der Waals surface area (Å²) in [5, 5.41) is 63.9. The minimum Gasteiger partial charge on any atom is -0.480 e. The minimum atomic E-state index is -1.87. The number of guanidine groups is 4. The van der Waals surface area contributed by atoms with Gasteiger partial charge >= 0.3 is 5.97 Å². The molecule has 46 nitrogen and oxygen atoms in total. The molecule has 5 rings (SSSR count). The summed E-state index contributed by atoms with van der Waals surface area (Å²) in [6.45, 7) is 2.30. The van der Waals surface area contributed by atoms with E-state index in [1.54, 1.807) is 30.5 Å². The first-order valence-corrected chi connectivity index (χ1v) is 37.1. The lowest BCUT2D eigenvalue weighted by molar-refractivity contribution is -0.141. The van der Waals surface area contributed by atoms with Gasteiger partial charge < -0.3 is 131 Å². The second kappa shape index (κ2) is 49.0. The standard InChI is InChI=1S/C55H93N25O14S.C13H12F2N6O/c1-26(2)41(50(92)77-36(21-39(57)82)47(89)76-35(20-28-23-70-30-11-5-4-10-29(28)30)46(88)79-38(25-95)49(91)71-27(3)51(93)94)80-48(90)37(24-81)78-45(87)34(15-9-19-69-55(64)65)75-44(86)33(14-8-18-68-54(62)63)74-43(85)32(13-7-17-67-53(60)61)73-42(84)31(72-40(83)22-56)12-6-16-66-52(58)59;14-10-1-2-11(12(15)3-10)13(22,4-20-8-16-6-18-20)5-21-9-17-7-19-21/h4-5,10-11,23,26-27,31-38,41,70,81,95H,6-9,12-22,24-25,56H2,1-3H3,(H2,57,82)(H,71,91)(H,72,83)(H,73,84)(H,74,85)(H,75,86)(H,76,89)(H,77,92)(H,78,87)(H,79,88)(H,80,90)(H,93,94)(H4,58,59,66)(H4,60,61,67)(H4,62,63,68)(H4,64,65,69);1-3,6-9,22H,4-5H2/t27-,31-,32-,33-,34-,35-,36-,37-,38-,41-;/m0./s1. The van der Waals surface area contributed by atoms with E-state index in [-0.39, 0.29) is 132 Å². The van der Waals surface area contributed by atoms with Crippen molar-refractivity contribution >= 4 is 118 Å². The molecule has 0 unspecified atom stereocenters. The third-order valence-electron chi connectivity index (χ3n) is 17.1. The highest BCUT2D eigenvalue weighted by molar-refractivity contribution is 7.80. The zero-order valence-corrected chi connectivity index (χ0v) is 65.3. The Kier molecular flexibility index (Phi) is 40.4. The molecule has 0 fully saturated rings. The van der Waals surface area contributed by atoms with Crippen molar-refractivity contribution in [1.29, 1.82) is 0 Å². The van der Waals surface area contributed by atoms with Crippen molar-refractivity contribution in [3.05, 3.63) is 96.7 Å². The fourth-order valence-corrected chi connectivity index (χ4v) is 11.4. The number of benzene rings is 2. The second-order valence-electron chi connectivity index (χ2n) is 26.8. The van der Waals surface area contributed by atoms with Crippen LogP contribution in [0.15, 0.2) is 93.9 Å². The van der Waals surface area contributed by atoms with Crippen LogP contribution in [-0.4, -0.2) is 250 Å².